The Hall–Kier alpha value is -2.80. The third-order valence-electron chi connectivity index (χ3n) is 4.24. The molecule has 0 bridgehead atoms. The number of amides is 1. The SMILES string of the molecule is CC(C)n1ncc2cc(NC(=O)c3cc(Cl)c4c(c3)OCCCO4)cnc21. The first-order chi connectivity index (χ1) is 13.0. The van der Waals surface area contributed by atoms with Gasteiger partial charge < -0.3 is 14.8 Å². The highest BCUT2D eigenvalue weighted by molar-refractivity contribution is 6.32. The van der Waals surface area contributed by atoms with Crippen LogP contribution in [-0.4, -0.2) is 33.9 Å². The summed E-state index contributed by atoms with van der Waals surface area (Å²) in [6, 6.07) is 5.27. The molecule has 0 spiro atoms. The van der Waals surface area contributed by atoms with Gasteiger partial charge >= 0.3 is 0 Å². The number of nitrogens with zero attached hydrogens (tertiary/aromatic N) is 3. The minimum absolute atomic E-state index is 0.208. The van der Waals surface area contributed by atoms with Crippen LogP contribution in [0.2, 0.25) is 5.02 Å². The summed E-state index contributed by atoms with van der Waals surface area (Å²) in [4.78, 5) is 17.1. The number of anilines is 1. The predicted octanol–water partition coefficient (Wildman–Crippen LogP) is 4.08. The van der Waals surface area contributed by atoms with Gasteiger partial charge in [0, 0.05) is 23.4 Å². The molecule has 4 rings (SSSR count). The van der Waals surface area contributed by atoms with E-state index in [1.807, 2.05) is 24.6 Å². The van der Waals surface area contributed by atoms with Gasteiger partial charge in [0.05, 0.1) is 36.3 Å². The maximum Gasteiger partial charge on any atom is 0.255 e. The monoisotopic (exact) mass is 386 g/mol. The Morgan fingerprint density at radius 2 is 2.04 bits per heavy atom. The molecule has 140 valence electrons. The Balaban J connectivity index is 1.60. The van der Waals surface area contributed by atoms with Crippen LogP contribution in [0.15, 0.2) is 30.6 Å². The molecule has 0 saturated carbocycles. The van der Waals surface area contributed by atoms with Crippen molar-refractivity contribution in [2.24, 2.45) is 0 Å². The van der Waals surface area contributed by atoms with Crippen LogP contribution in [0.1, 0.15) is 36.7 Å². The lowest BCUT2D eigenvalue weighted by molar-refractivity contribution is 0.102. The van der Waals surface area contributed by atoms with Crippen molar-refractivity contribution in [2.45, 2.75) is 26.3 Å². The average molecular weight is 387 g/mol. The van der Waals surface area contributed by atoms with Gasteiger partial charge in [-0.3, -0.25) is 4.79 Å². The van der Waals surface area contributed by atoms with E-state index >= 15 is 0 Å². The van der Waals surface area contributed by atoms with Gasteiger partial charge in [0.15, 0.2) is 17.1 Å². The molecule has 3 aromatic rings. The highest BCUT2D eigenvalue weighted by Gasteiger charge is 2.19. The quantitative estimate of drug-likeness (QED) is 0.733. The lowest BCUT2D eigenvalue weighted by Gasteiger charge is -2.12. The maximum atomic E-state index is 12.7. The number of fused-ring (bicyclic) bond motifs is 2. The molecule has 0 aliphatic carbocycles. The van der Waals surface area contributed by atoms with Gasteiger partial charge in [0.25, 0.3) is 5.91 Å². The molecule has 0 radical (unpaired) electrons. The molecule has 7 nitrogen and oxygen atoms in total. The molecule has 1 aliphatic heterocycles. The molecule has 0 unspecified atom stereocenters. The molecule has 1 aliphatic rings. The minimum Gasteiger partial charge on any atom is -0.489 e. The largest absolute Gasteiger partial charge is 0.489 e. The summed E-state index contributed by atoms with van der Waals surface area (Å²) in [5.74, 6) is 0.664. The van der Waals surface area contributed by atoms with E-state index in [1.54, 1.807) is 24.5 Å². The molecule has 1 N–H and O–H groups in total. The van der Waals surface area contributed by atoms with Gasteiger partial charge in [-0.05, 0) is 32.0 Å². The van der Waals surface area contributed by atoms with E-state index < -0.39 is 0 Å². The van der Waals surface area contributed by atoms with E-state index in [4.69, 9.17) is 21.1 Å². The second-order valence-electron chi connectivity index (χ2n) is 6.61. The Kier molecular flexibility index (Phi) is 4.61. The van der Waals surface area contributed by atoms with Crippen molar-refractivity contribution in [3.8, 4) is 11.5 Å². The molecule has 0 fully saturated rings. The van der Waals surface area contributed by atoms with E-state index in [9.17, 15) is 4.79 Å². The van der Waals surface area contributed by atoms with E-state index in [0.29, 0.717) is 41.0 Å². The fourth-order valence-electron chi connectivity index (χ4n) is 2.95. The molecule has 0 saturated heterocycles. The summed E-state index contributed by atoms with van der Waals surface area (Å²) in [5.41, 5.74) is 1.75. The Morgan fingerprint density at radius 3 is 2.85 bits per heavy atom. The number of nitrogens with one attached hydrogen (secondary N) is 1. The number of aromatic nitrogens is 3. The number of ether oxygens (including phenoxy) is 2. The van der Waals surface area contributed by atoms with Gasteiger partial charge in [-0.15, -0.1) is 0 Å². The third-order valence-corrected chi connectivity index (χ3v) is 4.53. The lowest BCUT2D eigenvalue weighted by Crippen LogP contribution is -2.12. The van der Waals surface area contributed by atoms with Crippen molar-refractivity contribution >= 4 is 34.2 Å². The lowest BCUT2D eigenvalue weighted by atomic mass is 10.2. The summed E-state index contributed by atoms with van der Waals surface area (Å²) in [7, 11) is 0. The second kappa shape index (κ2) is 7.08. The van der Waals surface area contributed by atoms with E-state index in [2.05, 4.69) is 15.4 Å². The molecule has 8 heteroatoms. The Bertz CT molecular complexity index is 1020. The van der Waals surface area contributed by atoms with Crippen LogP contribution in [0.3, 0.4) is 0 Å². The van der Waals surface area contributed by atoms with Crippen molar-refractivity contribution in [1.29, 1.82) is 0 Å². The van der Waals surface area contributed by atoms with Crippen LogP contribution in [0.25, 0.3) is 11.0 Å². The van der Waals surface area contributed by atoms with Crippen molar-refractivity contribution in [3.63, 3.8) is 0 Å². The number of halogens is 1. The predicted molar refractivity (Wildman–Crippen MR) is 103 cm³/mol. The summed E-state index contributed by atoms with van der Waals surface area (Å²) < 4.78 is 13.1. The zero-order chi connectivity index (χ0) is 19.0. The van der Waals surface area contributed by atoms with Crippen molar-refractivity contribution in [1.82, 2.24) is 14.8 Å². The Morgan fingerprint density at radius 1 is 1.22 bits per heavy atom. The first kappa shape index (κ1) is 17.6. The summed E-state index contributed by atoms with van der Waals surface area (Å²) in [6.45, 7) is 5.14. The van der Waals surface area contributed by atoms with Gasteiger partial charge in [-0.1, -0.05) is 11.6 Å². The number of hydrogen-bond acceptors (Lipinski definition) is 5. The average Bonchev–Trinajstić information content (AvgIpc) is 2.91. The third kappa shape index (κ3) is 3.42. The standard InChI is InChI=1S/C19H19ClN4O3/c1-11(2)24-18-13(9-22-24)6-14(10-21-18)23-19(25)12-7-15(20)17-16(8-12)26-4-3-5-27-17/h6-11H,3-5H2,1-2H3,(H,23,25). The second-order valence-corrected chi connectivity index (χ2v) is 7.02. The molecular formula is C19H19ClN4O3. The van der Waals surface area contributed by atoms with Crippen LogP contribution in [0.5, 0.6) is 11.5 Å². The van der Waals surface area contributed by atoms with E-state index in [0.717, 1.165) is 17.5 Å². The molecule has 27 heavy (non-hydrogen) atoms. The normalized spacial score (nSPS) is 13.6. The molecule has 0 atom stereocenters. The zero-order valence-corrected chi connectivity index (χ0v) is 15.8. The van der Waals surface area contributed by atoms with E-state index in [1.165, 1.54) is 0 Å². The number of carbonyl (C=O) groups excluding carboxylic acids is 1. The molecule has 1 amide bonds. The molecule has 3 heterocycles. The zero-order valence-electron chi connectivity index (χ0n) is 15.0. The number of hydrogen-bond donors (Lipinski definition) is 1. The smallest absolute Gasteiger partial charge is 0.255 e. The van der Waals surface area contributed by atoms with Crippen molar-refractivity contribution in [2.75, 3.05) is 18.5 Å². The van der Waals surface area contributed by atoms with Crippen molar-refractivity contribution in [3.05, 3.63) is 41.2 Å². The number of benzene rings is 1. The number of carbonyl (C=O) groups is 1. The van der Waals surface area contributed by atoms with Crippen molar-refractivity contribution < 1.29 is 14.3 Å². The molecular weight excluding hydrogens is 368 g/mol. The van der Waals surface area contributed by atoms with Crippen LogP contribution in [-0.2, 0) is 0 Å². The van der Waals surface area contributed by atoms with E-state index in [-0.39, 0.29) is 11.9 Å². The minimum atomic E-state index is -0.301. The van der Waals surface area contributed by atoms with Crippen LogP contribution < -0.4 is 14.8 Å². The first-order valence-corrected chi connectivity index (χ1v) is 9.14. The van der Waals surface area contributed by atoms with Crippen LogP contribution >= 0.6 is 11.6 Å². The fraction of sp³-hybridized carbons (Fsp3) is 0.316. The van der Waals surface area contributed by atoms with Gasteiger partial charge in [-0.2, -0.15) is 5.10 Å². The Labute approximate surface area is 161 Å². The summed E-state index contributed by atoms with van der Waals surface area (Å²) >= 11 is 6.27. The maximum absolute atomic E-state index is 12.7. The fourth-order valence-corrected chi connectivity index (χ4v) is 3.22. The summed E-state index contributed by atoms with van der Waals surface area (Å²) in [5, 5.41) is 8.39. The van der Waals surface area contributed by atoms with Gasteiger partial charge in [0.1, 0.15) is 0 Å². The van der Waals surface area contributed by atoms with Crippen LogP contribution in [0, 0.1) is 0 Å². The van der Waals surface area contributed by atoms with Gasteiger partial charge in [-0.25, -0.2) is 9.67 Å². The number of rotatable bonds is 3. The molecule has 1 aromatic carbocycles. The van der Waals surface area contributed by atoms with Gasteiger partial charge in [0.2, 0.25) is 0 Å². The first-order valence-electron chi connectivity index (χ1n) is 8.76. The van der Waals surface area contributed by atoms with Crippen LogP contribution in [0.4, 0.5) is 5.69 Å². The highest BCUT2D eigenvalue weighted by atomic mass is 35.5. The number of pyridine rings is 1. The topological polar surface area (TPSA) is 78.3 Å². The molecule has 2 aromatic heterocycles. The summed E-state index contributed by atoms with van der Waals surface area (Å²) in [6.07, 6.45) is 4.12. The highest BCUT2D eigenvalue weighted by Crippen LogP contribution is 2.38.